The van der Waals surface area contributed by atoms with Crippen LogP contribution in [0, 0.1) is 5.41 Å². The highest BCUT2D eigenvalue weighted by atomic mass is 16.5. The molecular weight excluding hydrogens is 747 g/mol. The molecule has 1 unspecified atom stereocenters. The number of carbonyl (C=O) groups is 4. The highest BCUT2D eigenvalue weighted by Gasteiger charge is 2.48. The van der Waals surface area contributed by atoms with Gasteiger partial charge in [0.05, 0.1) is 29.6 Å². The molecule has 6 aliphatic rings. The lowest BCUT2D eigenvalue weighted by molar-refractivity contribution is -0.136. The fourth-order valence-electron chi connectivity index (χ4n) is 9.91. The van der Waals surface area contributed by atoms with Gasteiger partial charge in [-0.1, -0.05) is 18.2 Å². The maximum absolute atomic E-state index is 13.3. The van der Waals surface area contributed by atoms with Gasteiger partial charge in [0, 0.05) is 96.4 Å². The van der Waals surface area contributed by atoms with Crippen LogP contribution in [0.2, 0.25) is 0 Å². The van der Waals surface area contributed by atoms with Crippen molar-refractivity contribution in [1.29, 1.82) is 0 Å². The summed E-state index contributed by atoms with van der Waals surface area (Å²) in [4.78, 5) is 68.4. The number of rotatable bonds is 9. The number of benzene rings is 3. The van der Waals surface area contributed by atoms with E-state index < -0.39 is 23.8 Å². The summed E-state index contributed by atoms with van der Waals surface area (Å²) in [6.07, 6.45) is 9.03. The number of anilines is 4. The minimum Gasteiger partial charge on any atom is -0.494 e. The molecule has 5 aromatic rings. The Balaban J connectivity index is 0.689. The molecule has 0 bridgehead atoms. The van der Waals surface area contributed by atoms with Gasteiger partial charge in [-0.25, -0.2) is 9.97 Å². The van der Waals surface area contributed by atoms with Crippen LogP contribution in [0.15, 0.2) is 79.1 Å². The Hall–Kier alpha value is -6.28. The van der Waals surface area contributed by atoms with Crippen molar-refractivity contribution in [2.75, 3.05) is 61.5 Å². The SMILES string of the molecule is COc1cc(N2CC3(CCN(C4CN(c5ccc6c(c5)C(=O)N(C5CCC(=O)NC5=O)C6=O)C4)CC3)C2)ccc1Nc1nccc(-c2cn(C3CC3)c3ccccc23)n1. The molecule has 1 aliphatic carbocycles. The van der Waals surface area contributed by atoms with Crippen molar-refractivity contribution in [2.45, 2.75) is 56.7 Å². The molecule has 4 saturated heterocycles. The molecular formula is C45H45N9O5. The first kappa shape index (κ1) is 35.8. The first-order valence-electron chi connectivity index (χ1n) is 20.7. The average Bonchev–Trinajstić information content (AvgIpc) is 3.95. The number of hydrogen-bond acceptors (Lipinski definition) is 11. The summed E-state index contributed by atoms with van der Waals surface area (Å²) in [5.41, 5.74) is 7.05. The maximum Gasteiger partial charge on any atom is 0.262 e. The lowest BCUT2D eigenvalue weighted by Crippen LogP contribution is -2.65. The molecule has 3 aromatic carbocycles. The smallest absolute Gasteiger partial charge is 0.262 e. The molecule has 14 heteroatoms. The van der Waals surface area contributed by atoms with Crippen LogP contribution < -0.4 is 25.2 Å². The van der Waals surface area contributed by atoms with Gasteiger partial charge in [-0.05, 0) is 87.7 Å². The Kier molecular flexibility index (Phi) is 8.30. The van der Waals surface area contributed by atoms with Crippen LogP contribution in [-0.4, -0.2) is 106 Å². The Morgan fingerprint density at radius 3 is 2.36 bits per heavy atom. The van der Waals surface area contributed by atoms with Crippen molar-refractivity contribution in [3.63, 3.8) is 0 Å². The van der Waals surface area contributed by atoms with E-state index >= 15 is 0 Å². The lowest BCUT2D eigenvalue weighted by atomic mass is 9.71. The fraction of sp³-hybridized carbons (Fsp3) is 0.378. The number of nitrogens with one attached hydrogen (secondary N) is 2. The number of para-hydroxylation sites is 1. The van der Waals surface area contributed by atoms with Gasteiger partial charge < -0.3 is 24.4 Å². The van der Waals surface area contributed by atoms with Gasteiger partial charge in [0.25, 0.3) is 11.8 Å². The third-order valence-corrected chi connectivity index (χ3v) is 13.5. The Bertz CT molecular complexity index is 2560. The van der Waals surface area contributed by atoms with E-state index in [1.165, 1.54) is 23.7 Å². The Morgan fingerprint density at radius 2 is 1.58 bits per heavy atom. The van der Waals surface area contributed by atoms with Crippen molar-refractivity contribution in [2.24, 2.45) is 5.41 Å². The molecule has 1 spiro atoms. The second-order valence-electron chi connectivity index (χ2n) is 17.1. The quantitative estimate of drug-likeness (QED) is 0.186. The molecule has 4 amide bonds. The molecule has 5 fully saturated rings. The lowest BCUT2D eigenvalue weighted by Gasteiger charge is -2.57. The largest absolute Gasteiger partial charge is 0.494 e. The van der Waals surface area contributed by atoms with Crippen molar-refractivity contribution < 1.29 is 23.9 Å². The normalized spacial score (nSPS) is 21.8. The van der Waals surface area contributed by atoms with Gasteiger partial charge in [0.2, 0.25) is 17.8 Å². The van der Waals surface area contributed by atoms with E-state index in [4.69, 9.17) is 9.72 Å². The van der Waals surface area contributed by atoms with Gasteiger partial charge in [0.15, 0.2) is 0 Å². The van der Waals surface area contributed by atoms with E-state index in [1.54, 1.807) is 19.2 Å². The van der Waals surface area contributed by atoms with Crippen LogP contribution in [0.3, 0.4) is 0 Å². The number of ether oxygens (including phenoxy) is 1. The predicted molar refractivity (Wildman–Crippen MR) is 222 cm³/mol. The molecule has 11 rings (SSSR count). The monoisotopic (exact) mass is 791 g/mol. The van der Waals surface area contributed by atoms with E-state index in [2.05, 4.69) is 83.5 Å². The molecule has 300 valence electrons. The summed E-state index contributed by atoms with van der Waals surface area (Å²) in [7, 11) is 1.70. The van der Waals surface area contributed by atoms with Gasteiger partial charge in [-0.15, -0.1) is 0 Å². The van der Waals surface area contributed by atoms with Gasteiger partial charge in [-0.3, -0.25) is 34.3 Å². The van der Waals surface area contributed by atoms with Crippen LogP contribution in [0.25, 0.3) is 22.2 Å². The first-order valence-corrected chi connectivity index (χ1v) is 20.7. The summed E-state index contributed by atoms with van der Waals surface area (Å²) >= 11 is 0. The Labute approximate surface area is 341 Å². The molecule has 1 atom stereocenters. The van der Waals surface area contributed by atoms with E-state index in [9.17, 15) is 19.2 Å². The zero-order valence-corrected chi connectivity index (χ0v) is 32.9. The van der Waals surface area contributed by atoms with Gasteiger partial charge >= 0.3 is 0 Å². The number of nitrogens with zero attached hydrogens (tertiary/aromatic N) is 7. The molecule has 59 heavy (non-hydrogen) atoms. The third kappa shape index (κ3) is 6.10. The standard InChI is InChI=1S/C45H45N9O5/c1-59-39-21-29(9-11-36(39)48-44-46-17-14-35(47-44)34-24-53(27-6-7-27)37-5-3-2-4-31(34)37)52-25-45(26-52)15-18-50(19-16-45)30-22-51(23-30)28-8-10-32-33(20-28)43(58)54(42(32)57)38-12-13-40(55)49-41(38)56/h2-5,8-11,14,17,20-21,24,27,30,38H,6-7,12-13,15-16,18-19,22-23,25-26H2,1H3,(H,46,47,48)(H,49,55,56). The maximum atomic E-state index is 13.3. The molecule has 2 N–H and O–H groups in total. The van der Waals surface area contributed by atoms with Crippen LogP contribution in [0.1, 0.15) is 65.3 Å². The molecule has 2 aromatic heterocycles. The van der Waals surface area contributed by atoms with Crippen molar-refractivity contribution >= 4 is 57.5 Å². The zero-order chi connectivity index (χ0) is 40.0. The van der Waals surface area contributed by atoms with Crippen molar-refractivity contribution in [3.05, 3.63) is 90.3 Å². The molecule has 0 radical (unpaired) electrons. The van der Waals surface area contributed by atoms with E-state index in [0.717, 1.165) is 91.1 Å². The number of piperidine rings is 2. The highest BCUT2D eigenvalue weighted by molar-refractivity contribution is 6.23. The van der Waals surface area contributed by atoms with Crippen molar-refractivity contribution in [1.82, 2.24) is 29.7 Å². The number of methoxy groups -OCH3 is 1. The average molecular weight is 792 g/mol. The number of aromatic nitrogens is 3. The third-order valence-electron chi connectivity index (χ3n) is 13.5. The highest BCUT2D eigenvalue weighted by Crippen LogP contribution is 2.46. The predicted octanol–water partition coefficient (Wildman–Crippen LogP) is 5.38. The minimum atomic E-state index is -0.962. The second kappa shape index (κ2) is 13.7. The van der Waals surface area contributed by atoms with Crippen LogP contribution in [-0.2, 0) is 9.59 Å². The topological polar surface area (TPSA) is 145 Å². The van der Waals surface area contributed by atoms with Gasteiger partial charge in [-0.2, -0.15) is 0 Å². The number of amides is 4. The van der Waals surface area contributed by atoms with Crippen LogP contribution in [0.4, 0.5) is 23.0 Å². The fourth-order valence-corrected chi connectivity index (χ4v) is 9.91. The van der Waals surface area contributed by atoms with Crippen LogP contribution >= 0.6 is 0 Å². The molecule has 7 heterocycles. The summed E-state index contributed by atoms with van der Waals surface area (Å²) in [5.74, 6) is -0.656. The first-order chi connectivity index (χ1) is 28.7. The molecule has 14 nitrogen and oxygen atoms in total. The number of imide groups is 2. The number of carbonyl (C=O) groups excluding carboxylic acids is 4. The van der Waals surface area contributed by atoms with E-state index in [0.29, 0.717) is 34.6 Å². The van der Waals surface area contributed by atoms with Gasteiger partial charge in [0.1, 0.15) is 11.8 Å². The summed E-state index contributed by atoms with van der Waals surface area (Å²) in [6.45, 7) is 5.86. The van der Waals surface area contributed by atoms with E-state index in [1.807, 2.05) is 18.3 Å². The van der Waals surface area contributed by atoms with Crippen molar-refractivity contribution in [3.8, 4) is 17.0 Å². The summed E-state index contributed by atoms with van der Waals surface area (Å²) in [6, 6.07) is 22.2. The summed E-state index contributed by atoms with van der Waals surface area (Å²) < 4.78 is 8.27. The van der Waals surface area contributed by atoms with Crippen LogP contribution in [0.5, 0.6) is 5.75 Å². The number of fused-ring (bicyclic) bond motifs is 2. The summed E-state index contributed by atoms with van der Waals surface area (Å²) in [5, 5.41) is 6.88. The number of likely N-dealkylation sites (tertiary alicyclic amines) is 1. The zero-order valence-electron chi connectivity index (χ0n) is 32.9. The second-order valence-corrected chi connectivity index (χ2v) is 17.1. The van der Waals surface area contributed by atoms with E-state index in [-0.39, 0.29) is 18.7 Å². The number of hydrogen-bond donors (Lipinski definition) is 2. The molecule has 1 saturated carbocycles. The Morgan fingerprint density at radius 1 is 0.814 bits per heavy atom. The molecule has 5 aliphatic heterocycles. The minimum absolute atomic E-state index is 0.101.